The van der Waals surface area contributed by atoms with Gasteiger partial charge in [-0.1, -0.05) is 31.2 Å². The molecule has 3 nitrogen and oxygen atoms in total. The zero-order valence-corrected chi connectivity index (χ0v) is 12.5. The molecule has 1 aliphatic rings. The number of rotatable bonds is 5. The Bertz CT molecular complexity index is 570. The van der Waals surface area contributed by atoms with E-state index in [4.69, 9.17) is 4.74 Å². The molecule has 3 rings (SSSR count). The summed E-state index contributed by atoms with van der Waals surface area (Å²) in [7, 11) is 0. The van der Waals surface area contributed by atoms with Crippen molar-refractivity contribution in [2.24, 2.45) is 5.92 Å². The molecule has 2 unspecified atom stereocenters. The van der Waals surface area contributed by atoms with Gasteiger partial charge in [0.2, 0.25) is 0 Å². The molecule has 0 saturated heterocycles. The first-order valence-corrected chi connectivity index (χ1v) is 7.71. The average molecular weight is 282 g/mol. The number of nitrogens with zero attached hydrogens (tertiary/aromatic N) is 1. The second-order valence-corrected chi connectivity index (χ2v) is 5.57. The van der Waals surface area contributed by atoms with E-state index in [0.29, 0.717) is 12.0 Å². The molecule has 0 radical (unpaired) electrons. The second kappa shape index (κ2) is 6.72. The Labute approximate surface area is 126 Å². The van der Waals surface area contributed by atoms with Gasteiger partial charge in [-0.05, 0) is 36.7 Å². The van der Waals surface area contributed by atoms with Crippen LogP contribution in [0.3, 0.4) is 0 Å². The lowest BCUT2D eigenvalue weighted by molar-refractivity contribution is 0.184. The predicted octanol–water partition coefficient (Wildman–Crippen LogP) is 2.85. The van der Waals surface area contributed by atoms with E-state index in [1.165, 1.54) is 5.56 Å². The lowest BCUT2D eigenvalue weighted by Gasteiger charge is -2.32. The highest BCUT2D eigenvalue weighted by Gasteiger charge is 2.27. The van der Waals surface area contributed by atoms with Gasteiger partial charge in [0.05, 0.1) is 6.61 Å². The quantitative estimate of drug-likeness (QED) is 0.915. The van der Waals surface area contributed by atoms with Gasteiger partial charge in [0.15, 0.2) is 0 Å². The molecule has 3 heteroatoms. The summed E-state index contributed by atoms with van der Waals surface area (Å²) in [4.78, 5) is 4.46. The van der Waals surface area contributed by atoms with Crippen LogP contribution in [0.2, 0.25) is 0 Å². The highest BCUT2D eigenvalue weighted by Crippen LogP contribution is 2.29. The first-order valence-electron chi connectivity index (χ1n) is 7.71. The van der Waals surface area contributed by atoms with Gasteiger partial charge in [-0.2, -0.15) is 0 Å². The van der Waals surface area contributed by atoms with Gasteiger partial charge in [0.1, 0.15) is 5.75 Å². The van der Waals surface area contributed by atoms with Crippen molar-refractivity contribution in [2.45, 2.75) is 25.8 Å². The van der Waals surface area contributed by atoms with Crippen LogP contribution in [0.5, 0.6) is 5.75 Å². The highest BCUT2D eigenvalue weighted by atomic mass is 16.5. The van der Waals surface area contributed by atoms with E-state index >= 15 is 0 Å². The van der Waals surface area contributed by atoms with E-state index in [-0.39, 0.29) is 0 Å². The van der Waals surface area contributed by atoms with E-state index in [1.807, 2.05) is 18.3 Å². The maximum Gasteiger partial charge on any atom is 0.122 e. The van der Waals surface area contributed by atoms with Crippen molar-refractivity contribution in [3.63, 3.8) is 0 Å². The minimum atomic E-state index is 0.401. The maximum absolute atomic E-state index is 5.94. The minimum absolute atomic E-state index is 0.401. The van der Waals surface area contributed by atoms with E-state index in [0.717, 1.165) is 37.4 Å². The van der Waals surface area contributed by atoms with Crippen molar-refractivity contribution >= 4 is 0 Å². The zero-order chi connectivity index (χ0) is 14.5. The van der Waals surface area contributed by atoms with Crippen LogP contribution in [0.4, 0.5) is 0 Å². The van der Waals surface area contributed by atoms with Crippen LogP contribution in [0.25, 0.3) is 0 Å². The molecule has 1 N–H and O–H groups in total. The summed E-state index contributed by atoms with van der Waals surface area (Å²) in [5.74, 6) is 1.53. The molecule has 21 heavy (non-hydrogen) atoms. The summed E-state index contributed by atoms with van der Waals surface area (Å²) in [5, 5.41) is 3.61. The smallest absolute Gasteiger partial charge is 0.122 e. The number of benzene rings is 1. The van der Waals surface area contributed by atoms with Crippen LogP contribution in [0.15, 0.2) is 48.7 Å². The Morgan fingerprint density at radius 1 is 1.24 bits per heavy atom. The zero-order valence-electron chi connectivity index (χ0n) is 12.5. The number of likely N-dealkylation sites (N-methyl/N-ethyl adjacent to an activating group) is 1. The summed E-state index contributed by atoms with van der Waals surface area (Å²) in [5.41, 5.74) is 2.46. The van der Waals surface area contributed by atoms with Crippen molar-refractivity contribution in [2.75, 3.05) is 13.2 Å². The first kappa shape index (κ1) is 14.1. The van der Waals surface area contributed by atoms with Crippen LogP contribution in [0, 0.1) is 5.92 Å². The van der Waals surface area contributed by atoms with Crippen molar-refractivity contribution < 1.29 is 4.74 Å². The first-order chi connectivity index (χ1) is 10.4. The third kappa shape index (κ3) is 3.42. The molecule has 0 bridgehead atoms. The SMILES string of the molecule is CCNC(Cc1ccccn1)C1COc2ccccc2C1. The largest absolute Gasteiger partial charge is 0.493 e. The molecule has 0 saturated carbocycles. The average Bonchev–Trinajstić information content (AvgIpc) is 2.55. The predicted molar refractivity (Wildman–Crippen MR) is 84.5 cm³/mol. The molecular formula is C18H22N2O. The fraction of sp³-hybridized carbons (Fsp3) is 0.389. The van der Waals surface area contributed by atoms with Crippen LogP contribution < -0.4 is 10.1 Å². The topological polar surface area (TPSA) is 34.2 Å². The van der Waals surface area contributed by atoms with Crippen molar-refractivity contribution in [3.8, 4) is 5.75 Å². The molecule has 1 aliphatic heterocycles. The normalized spacial score (nSPS) is 18.6. The fourth-order valence-electron chi connectivity index (χ4n) is 3.02. The lowest BCUT2D eigenvalue weighted by Crippen LogP contribution is -2.43. The molecule has 0 amide bonds. The molecule has 0 fully saturated rings. The molecular weight excluding hydrogens is 260 g/mol. The lowest BCUT2D eigenvalue weighted by atomic mass is 9.88. The van der Waals surface area contributed by atoms with Gasteiger partial charge in [0.25, 0.3) is 0 Å². The highest BCUT2D eigenvalue weighted by molar-refractivity contribution is 5.35. The van der Waals surface area contributed by atoms with Crippen molar-refractivity contribution in [3.05, 3.63) is 59.9 Å². The molecule has 2 heterocycles. The molecule has 0 spiro atoms. The van der Waals surface area contributed by atoms with Gasteiger partial charge in [0, 0.05) is 30.3 Å². The Morgan fingerprint density at radius 3 is 2.90 bits per heavy atom. The summed E-state index contributed by atoms with van der Waals surface area (Å²) in [6.45, 7) is 3.90. The number of aromatic nitrogens is 1. The van der Waals surface area contributed by atoms with E-state index in [9.17, 15) is 0 Å². The van der Waals surface area contributed by atoms with E-state index in [2.05, 4.69) is 47.6 Å². The third-order valence-corrected chi connectivity index (χ3v) is 4.10. The molecule has 1 aromatic heterocycles. The van der Waals surface area contributed by atoms with E-state index < -0.39 is 0 Å². The molecule has 2 atom stereocenters. The second-order valence-electron chi connectivity index (χ2n) is 5.57. The fourth-order valence-corrected chi connectivity index (χ4v) is 3.02. The number of hydrogen-bond donors (Lipinski definition) is 1. The van der Waals surface area contributed by atoms with Crippen LogP contribution >= 0.6 is 0 Å². The third-order valence-electron chi connectivity index (χ3n) is 4.10. The molecule has 110 valence electrons. The number of fused-ring (bicyclic) bond motifs is 1. The van der Waals surface area contributed by atoms with Crippen LogP contribution in [-0.2, 0) is 12.8 Å². The number of ether oxygens (including phenoxy) is 1. The maximum atomic E-state index is 5.94. The van der Waals surface area contributed by atoms with Crippen molar-refractivity contribution in [1.82, 2.24) is 10.3 Å². The number of nitrogens with one attached hydrogen (secondary N) is 1. The number of para-hydroxylation sites is 1. The van der Waals surface area contributed by atoms with Gasteiger partial charge >= 0.3 is 0 Å². The summed E-state index contributed by atoms with van der Waals surface area (Å²) >= 11 is 0. The van der Waals surface area contributed by atoms with Crippen LogP contribution in [0.1, 0.15) is 18.2 Å². The molecule has 2 aromatic rings. The van der Waals surface area contributed by atoms with Gasteiger partial charge in [-0.3, -0.25) is 4.98 Å². The van der Waals surface area contributed by atoms with E-state index in [1.54, 1.807) is 0 Å². The number of pyridine rings is 1. The molecule has 1 aromatic carbocycles. The Morgan fingerprint density at radius 2 is 2.10 bits per heavy atom. The standard InChI is InChI=1S/C18H22N2O/c1-2-19-17(12-16-8-5-6-10-20-16)15-11-14-7-3-4-9-18(14)21-13-15/h3-10,15,17,19H,2,11-13H2,1H3. The van der Waals surface area contributed by atoms with Crippen molar-refractivity contribution in [1.29, 1.82) is 0 Å². The van der Waals surface area contributed by atoms with Gasteiger partial charge in [-0.25, -0.2) is 0 Å². The minimum Gasteiger partial charge on any atom is -0.493 e. The van der Waals surface area contributed by atoms with Gasteiger partial charge in [-0.15, -0.1) is 0 Å². The van der Waals surface area contributed by atoms with Crippen LogP contribution in [-0.4, -0.2) is 24.2 Å². The summed E-state index contributed by atoms with van der Waals surface area (Å²) < 4.78 is 5.94. The Kier molecular flexibility index (Phi) is 4.51. The Hall–Kier alpha value is -1.87. The Balaban J connectivity index is 1.73. The molecule has 0 aliphatic carbocycles. The summed E-state index contributed by atoms with van der Waals surface area (Å²) in [6.07, 6.45) is 3.89. The summed E-state index contributed by atoms with van der Waals surface area (Å²) in [6, 6.07) is 14.9. The monoisotopic (exact) mass is 282 g/mol. The van der Waals surface area contributed by atoms with Gasteiger partial charge < -0.3 is 10.1 Å². The number of hydrogen-bond acceptors (Lipinski definition) is 3.